The van der Waals surface area contributed by atoms with Crippen LogP contribution in [0.5, 0.6) is 0 Å². The van der Waals surface area contributed by atoms with E-state index in [1.54, 1.807) is 0 Å². The van der Waals surface area contributed by atoms with Crippen LogP contribution in [0.4, 0.5) is 0 Å². The molecule has 0 aliphatic heterocycles. The van der Waals surface area contributed by atoms with Crippen molar-refractivity contribution in [2.75, 3.05) is 13.1 Å². The summed E-state index contributed by atoms with van der Waals surface area (Å²) >= 11 is 1.43. The molecule has 0 spiro atoms. The summed E-state index contributed by atoms with van der Waals surface area (Å²) in [6.07, 6.45) is 7.32. The first-order chi connectivity index (χ1) is 11.1. The third kappa shape index (κ3) is 2.91. The second-order valence-corrected chi connectivity index (χ2v) is 8.63. The molecule has 5 rings (SSSR count). The van der Waals surface area contributed by atoms with Crippen molar-refractivity contribution in [1.29, 1.82) is 0 Å². The minimum absolute atomic E-state index is 0.0518. The first-order valence-electron chi connectivity index (χ1n) is 8.75. The number of carbonyl (C=O) groups excluding carboxylic acids is 2. The minimum atomic E-state index is -0.0908. The van der Waals surface area contributed by atoms with Gasteiger partial charge in [-0.2, -0.15) is 0 Å². The van der Waals surface area contributed by atoms with Crippen molar-refractivity contribution in [2.45, 2.75) is 38.5 Å². The third-order valence-electron chi connectivity index (χ3n) is 5.96. The molecule has 4 saturated carbocycles. The lowest BCUT2D eigenvalue weighted by molar-refractivity contribution is -0.146. The van der Waals surface area contributed by atoms with Gasteiger partial charge in [0.05, 0.1) is 4.88 Å². The minimum Gasteiger partial charge on any atom is -0.354 e. The van der Waals surface area contributed by atoms with Crippen LogP contribution >= 0.6 is 11.3 Å². The second kappa shape index (κ2) is 5.93. The van der Waals surface area contributed by atoms with Crippen LogP contribution in [0.25, 0.3) is 0 Å². The van der Waals surface area contributed by atoms with Gasteiger partial charge >= 0.3 is 0 Å². The van der Waals surface area contributed by atoms with Crippen molar-refractivity contribution in [3.63, 3.8) is 0 Å². The molecule has 1 aromatic rings. The Morgan fingerprint density at radius 3 is 2.22 bits per heavy atom. The van der Waals surface area contributed by atoms with Gasteiger partial charge in [-0.15, -0.1) is 11.3 Å². The Morgan fingerprint density at radius 2 is 1.65 bits per heavy atom. The van der Waals surface area contributed by atoms with Gasteiger partial charge in [0.25, 0.3) is 5.91 Å². The predicted octanol–water partition coefficient (Wildman–Crippen LogP) is 2.81. The summed E-state index contributed by atoms with van der Waals surface area (Å²) in [5.74, 6) is 2.53. The van der Waals surface area contributed by atoms with Crippen LogP contribution in [0.2, 0.25) is 0 Å². The highest BCUT2D eigenvalue weighted by Crippen LogP contribution is 2.60. The molecule has 1 aromatic heterocycles. The maximum atomic E-state index is 12.7. The Hall–Kier alpha value is -1.36. The van der Waals surface area contributed by atoms with E-state index in [4.69, 9.17) is 0 Å². The fourth-order valence-corrected chi connectivity index (χ4v) is 6.06. The molecule has 4 nitrogen and oxygen atoms in total. The predicted molar refractivity (Wildman–Crippen MR) is 90.3 cm³/mol. The number of thiophene rings is 1. The van der Waals surface area contributed by atoms with Gasteiger partial charge in [-0.05, 0) is 67.7 Å². The molecule has 4 aliphatic rings. The fraction of sp³-hybridized carbons (Fsp3) is 0.667. The molecule has 2 amide bonds. The first kappa shape index (κ1) is 15.2. The topological polar surface area (TPSA) is 58.2 Å². The molecular formula is C18H24N2O2S. The molecule has 0 unspecified atom stereocenters. The molecule has 4 aliphatic carbocycles. The number of nitrogens with one attached hydrogen (secondary N) is 2. The molecule has 23 heavy (non-hydrogen) atoms. The van der Waals surface area contributed by atoms with Crippen molar-refractivity contribution in [3.05, 3.63) is 22.4 Å². The van der Waals surface area contributed by atoms with Crippen molar-refractivity contribution in [2.24, 2.45) is 23.2 Å². The van der Waals surface area contributed by atoms with Gasteiger partial charge in [0, 0.05) is 18.5 Å². The number of hydrogen-bond donors (Lipinski definition) is 2. The van der Waals surface area contributed by atoms with E-state index in [0.717, 1.165) is 41.9 Å². The van der Waals surface area contributed by atoms with Crippen molar-refractivity contribution in [1.82, 2.24) is 10.6 Å². The summed E-state index contributed by atoms with van der Waals surface area (Å²) in [5, 5.41) is 7.85. The molecular weight excluding hydrogens is 308 g/mol. The van der Waals surface area contributed by atoms with Crippen LogP contribution in [0.1, 0.15) is 48.2 Å². The van der Waals surface area contributed by atoms with E-state index < -0.39 is 0 Å². The summed E-state index contributed by atoms with van der Waals surface area (Å²) in [6, 6.07) is 3.68. The Kier molecular flexibility index (Phi) is 3.92. The lowest BCUT2D eigenvalue weighted by atomic mass is 9.49. The normalized spacial score (nSPS) is 34.3. The molecule has 1 heterocycles. The summed E-state index contributed by atoms with van der Waals surface area (Å²) in [7, 11) is 0. The highest BCUT2D eigenvalue weighted by Gasteiger charge is 2.54. The van der Waals surface area contributed by atoms with Gasteiger partial charge in [0.15, 0.2) is 0 Å². The number of amides is 2. The zero-order chi connectivity index (χ0) is 15.9. The zero-order valence-electron chi connectivity index (χ0n) is 13.3. The SMILES string of the molecule is O=C(NCCNC(=O)C12CC3CC(CC(C3)C1)C2)c1cccs1. The molecule has 4 bridgehead atoms. The van der Waals surface area contributed by atoms with Crippen LogP contribution < -0.4 is 10.6 Å². The van der Waals surface area contributed by atoms with Crippen molar-refractivity contribution >= 4 is 23.2 Å². The molecule has 0 radical (unpaired) electrons. The molecule has 124 valence electrons. The van der Waals surface area contributed by atoms with E-state index in [2.05, 4.69) is 10.6 Å². The van der Waals surface area contributed by atoms with Crippen LogP contribution in [0.15, 0.2) is 17.5 Å². The average molecular weight is 332 g/mol. The van der Waals surface area contributed by atoms with Crippen LogP contribution in [-0.4, -0.2) is 24.9 Å². The summed E-state index contributed by atoms with van der Waals surface area (Å²) in [5.41, 5.74) is -0.0908. The molecule has 5 heteroatoms. The first-order valence-corrected chi connectivity index (χ1v) is 9.63. The summed E-state index contributed by atoms with van der Waals surface area (Å²) in [4.78, 5) is 25.3. The lowest BCUT2D eigenvalue weighted by Gasteiger charge is -2.55. The Morgan fingerprint density at radius 1 is 1.04 bits per heavy atom. The lowest BCUT2D eigenvalue weighted by Crippen LogP contribution is -2.54. The fourth-order valence-electron chi connectivity index (χ4n) is 5.42. The van der Waals surface area contributed by atoms with Gasteiger partial charge in [-0.3, -0.25) is 9.59 Å². The summed E-state index contributed by atoms with van der Waals surface area (Å²) < 4.78 is 0. The van der Waals surface area contributed by atoms with E-state index in [1.807, 2.05) is 17.5 Å². The smallest absolute Gasteiger partial charge is 0.261 e. The van der Waals surface area contributed by atoms with Crippen molar-refractivity contribution < 1.29 is 9.59 Å². The van der Waals surface area contributed by atoms with Crippen molar-refractivity contribution in [3.8, 4) is 0 Å². The molecule has 0 atom stereocenters. The van der Waals surface area contributed by atoms with Crippen LogP contribution in [0, 0.1) is 23.2 Å². The Labute approximate surface area is 141 Å². The zero-order valence-corrected chi connectivity index (χ0v) is 14.2. The average Bonchev–Trinajstić information content (AvgIpc) is 3.04. The highest BCUT2D eigenvalue weighted by molar-refractivity contribution is 7.12. The Bertz CT molecular complexity index is 561. The van der Waals surface area contributed by atoms with E-state index in [1.165, 1.54) is 30.6 Å². The van der Waals surface area contributed by atoms with Crippen LogP contribution in [0.3, 0.4) is 0 Å². The third-order valence-corrected chi connectivity index (χ3v) is 6.83. The largest absolute Gasteiger partial charge is 0.354 e. The van der Waals surface area contributed by atoms with Gasteiger partial charge in [-0.25, -0.2) is 0 Å². The number of rotatable bonds is 5. The molecule has 4 fully saturated rings. The molecule has 0 saturated heterocycles. The maximum absolute atomic E-state index is 12.7. The van der Waals surface area contributed by atoms with E-state index >= 15 is 0 Å². The number of hydrogen-bond acceptors (Lipinski definition) is 3. The van der Waals surface area contributed by atoms with Gasteiger partial charge in [-0.1, -0.05) is 6.07 Å². The number of carbonyl (C=O) groups is 2. The van der Waals surface area contributed by atoms with E-state index in [0.29, 0.717) is 13.1 Å². The monoisotopic (exact) mass is 332 g/mol. The van der Waals surface area contributed by atoms with Crippen LogP contribution in [-0.2, 0) is 4.79 Å². The second-order valence-electron chi connectivity index (χ2n) is 7.69. The quantitative estimate of drug-likeness (QED) is 0.815. The highest BCUT2D eigenvalue weighted by atomic mass is 32.1. The maximum Gasteiger partial charge on any atom is 0.261 e. The standard InChI is InChI=1S/C18H24N2O2S/c21-16(15-2-1-5-23-15)19-3-4-20-17(22)18-9-12-6-13(10-18)8-14(7-12)11-18/h1-2,5,12-14H,3-4,6-11H2,(H,19,21)(H,20,22). The molecule has 0 aromatic carbocycles. The van der Waals surface area contributed by atoms with Gasteiger partial charge in [0.2, 0.25) is 5.91 Å². The van der Waals surface area contributed by atoms with E-state index in [-0.39, 0.29) is 17.2 Å². The van der Waals surface area contributed by atoms with E-state index in [9.17, 15) is 9.59 Å². The van der Waals surface area contributed by atoms with Gasteiger partial charge < -0.3 is 10.6 Å². The van der Waals surface area contributed by atoms with Gasteiger partial charge in [0.1, 0.15) is 0 Å². The molecule has 2 N–H and O–H groups in total. The Balaban J connectivity index is 1.27. The summed E-state index contributed by atoms with van der Waals surface area (Å²) in [6.45, 7) is 1.02.